The molecule has 20 heavy (non-hydrogen) atoms. The van der Waals surface area contributed by atoms with E-state index in [-0.39, 0.29) is 23.5 Å². The zero-order chi connectivity index (χ0) is 14.6. The van der Waals surface area contributed by atoms with Gasteiger partial charge < -0.3 is 4.74 Å². The van der Waals surface area contributed by atoms with Gasteiger partial charge in [-0.15, -0.1) is 0 Å². The van der Waals surface area contributed by atoms with Crippen molar-refractivity contribution < 1.29 is 17.9 Å². The summed E-state index contributed by atoms with van der Waals surface area (Å²) in [5.74, 6) is -0.124. The number of unbranched alkanes of at least 4 members (excludes halogenated alkanes) is 1. The number of sulfone groups is 1. The molecule has 2 heterocycles. The Kier molecular flexibility index (Phi) is 5.43. The maximum Gasteiger partial charge on any atom is 0.306 e. The van der Waals surface area contributed by atoms with Crippen LogP contribution in [0, 0.1) is 0 Å². The fraction of sp³-hybridized carbons (Fsp3) is 0.929. The number of esters is 1. The van der Waals surface area contributed by atoms with Gasteiger partial charge in [0, 0.05) is 6.42 Å². The minimum atomic E-state index is -3.08. The van der Waals surface area contributed by atoms with Crippen LogP contribution >= 0.6 is 0 Å². The predicted octanol–water partition coefficient (Wildman–Crippen LogP) is 1.37. The Morgan fingerprint density at radius 1 is 1.20 bits per heavy atom. The Bertz CT molecular complexity index is 428. The average Bonchev–Trinajstić information content (AvgIpc) is 2.72. The monoisotopic (exact) mass is 303 g/mol. The van der Waals surface area contributed by atoms with Crippen LogP contribution < -0.4 is 0 Å². The molecule has 2 rings (SSSR count). The van der Waals surface area contributed by atoms with Gasteiger partial charge >= 0.3 is 5.97 Å². The lowest BCUT2D eigenvalue weighted by Gasteiger charge is -2.34. The molecule has 0 aromatic rings. The zero-order valence-electron chi connectivity index (χ0n) is 12.2. The van der Waals surface area contributed by atoms with E-state index in [0.29, 0.717) is 6.42 Å². The molecule has 2 unspecified atom stereocenters. The molecule has 0 bridgehead atoms. The van der Waals surface area contributed by atoms with Gasteiger partial charge in [0.2, 0.25) is 0 Å². The van der Waals surface area contributed by atoms with Gasteiger partial charge in [-0.2, -0.15) is 0 Å². The van der Waals surface area contributed by atoms with E-state index in [9.17, 15) is 13.2 Å². The largest absolute Gasteiger partial charge is 0.460 e. The summed E-state index contributed by atoms with van der Waals surface area (Å²) in [6.07, 6.45) is 5.07. The van der Waals surface area contributed by atoms with Gasteiger partial charge in [0.25, 0.3) is 0 Å². The lowest BCUT2D eigenvalue weighted by atomic mass is 10.1. The van der Waals surface area contributed by atoms with Gasteiger partial charge in [0.15, 0.2) is 9.84 Å². The summed E-state index contributed by atoms with van der Waals surface area (Å²) in [7, 11) is -3.08. The summed E-state index contributed by atoms with van der Waals surface area (Å²) in [6.45, 7) is 3.86. The highest BCUT2D eigenvalue weighted by Gasteiger charge is 2.43. The molecular weight excluding hydrogens is 278 g/mol. The fourth-order valence-electron chi connectivity index (χ4n) is 3.05. The number of hydrogen-bond donors (Lipinski definition) is 0. The van der Waals surface area contributed by atoms with Crippen molar-refractivity contribution in [2.75, 3.05) is 24.6 Å². The van der Waals surface area contributed by atoms with Crippen molar-refractivity contribution in [1.29, 1.82) is 0 Å². The van der Waals surface area contributed by atoms with Crippen LogP contribution in [0.15, 0.2) is 0 Å². The molecule has 0 spiro atoms. The molecule has 0 radical (unpaired) electrons. The Morgan fingerprint density at radius 3 is 2.55 bits per heavy atom. The zero-order valence-corrected chi connectivity index (χ0v) is 13.0. The third kappa shape index (κ3) is 4.19. The van der Waals surface area contributed by atoms with Gasteiger partial charge in [0.1, 0.15) is 6.10 Å². The molecule has 0 aromatic carbocycles. The summed E-state index contributed by atoms with van der Waals surface area (Å²) < 4.78 is 29.2. The van der Waals surface area contributed by atoms with E-state index in [1.54, 1.807) is 0 Å². The number of likely N-dealkylation sites (tertiary alicyclic amines) is 1. The van der Waals surface area contributed by atoms with E-state index in [1.165, 1.54) is 6.42 Å². The van der Waals surface area contributed by atoms with Crippen LogP contribution in [0.1, 0.15) is 45.4 Å². The smallest absolute Gasteiger partial charge is 0.306 e. The highest BCUT2D eigenvalue weighted by molar-refractivity contribution is 7.91. The summed E-state index contributed by atoms with van der Waals surface area (Å²) in [6, 6.07) is -0.133. The van der Waals surface area contributed by atoms with Crippen molar-refractivity contribution >= 4 is 15.8 Å². The third-order valence-corrected chi connectivity index (χ3v) is 5.83. The molecule has 0 aromatic heterocycles. The van der Waals surface area contributed by atoms with Gasteiger partial charge in [-0.05, 0) is 32.4 Å². The van der Waals surface area contributed by atoms with Crippen molar-refractivity contribution in [3.05, 3.63) is 0 Å². The molecule has 0 N–H and O–H groups in total. The molecule has 0 aliphatic carbocycles. The van der Waals surface area contributed by atoms with Gasteiger partial charge in [-0.25, -0.2) is 8.42 Å². The van der Waals surface area contributed by atoms with E-state index in [1.807, 2.05) is 6.92 Å². The summed E-state index contributed by atoms with van der Waals surface area (Å²) in [4.78, 5) is 14.0. The Balaban J connectivity index is 1.98. The second-order valence-electron chi connectivity index (χ2n) is 5.87. The number of rotatable bonds is 5. The number of carbonyl (C=O) groups excluding carboxylic acids is 1. The van der Waals surface area contributed by atoms with Crippen molar-refractivity contribution in [1.82, 2.24) is 4.90 Å². The minimum absolute atomic E-state index is 0.00791. The molecule has 116 valence electrons. The van der Waals surface area contributed by atoms with E-state index < -0.39 is 15.9 Å². The molecule has 2 saturated heterocycles. The van der Waals surface area contributed by atoms with E-state index in [0.717, 1.165) is 38.8 Å². The highest BCUT2D eigenvalue weighted by atomic mass is 32.2. The van der Waals surface area contributed by atoms with Crippen LogP contribution in [0.5, 0.6) is 0 Å². The van der Waals surface area contributed by atoms with Crippen molar-refractivity contribution in [2.45, 2.75) is 57.6 Å². The maximum absolute atomic E-state index is 11.9. The second-order valence-corrected chi connectivity index (χ2v) is 8.03. The second kappa shape index (κ2) is 6.89. The Hall–Kier alpha value is -0.620. The maximum atomic E-state index is 11.9. The number of ether oxygens (including phenoxy) is 1. The molecule has 2 aliphatic rings. The molecule has 2 atom stereocenters. The predicted molar refractivity (Wildman–Crippen MR) is 77.3 cm³/mol. The first-order valence-electron chi connectivity index (χ1n) is 7.66. The molecular formula is C14H25NO4S. The molecule has 0 saturated carbocycles. The first-order chi connectivity index (χ1) is 9.52. The average molecular weight is 303 g/mol. The van der Waals surface area contributed by atoms with Gasteiger partial charge in [-0.3, -0.25) is 9.69 Å². The first-order valence-corrected chi connectivity index (χ1v) is 9.48. The fourth-order valence-corrected chi connectivity index (χ4v) is 4.92. The number of hydrogen-bond acceptors (Lipinski definition) is 5. The summed E-state index contributed by atoms with van der Waals surface area (Å²) in [5, 5.41) is 0. The van der Waals surface area contributed by atoms with Crippen LogP contribution in [-0.2, 0) is 19.4 Å². The van der Waals surface area contributed by atoms with Crippen LogP contribution in [0.3, 0.4) is 0 Å². The third-order valence-electron chi connectivity index (χ3n) is 4.15. The Labute approximate surface area is 121 Å². The van der Waals surface area contributed by atoms with Crippen LogP contribution in [-0.4, -0.2) is 56.0 Å². The SMILES string of the molecule is CCCCC(=O)OC1CS(=O)(=O)CC1N1CCCCC1. The van der Waals surface area contributed by atoms with E-state index in [4.69, 9.17) is 4.74 Å². The molecule has 2 aliphatic heterocycles. The lowest BCUT2D eigenvalue weighted by molar-refractivity contribution is -0.150. The summed E-state index contributed by atoms with van der Waals surface area (Å²) >= 11 is 0. The van der Waals surface area contributed by atoms with E-state index >= 15 is 0 Å². The number of carbonyl (C=O) groups is 1. The lowest BCUT2D eigenvalue weighted by Crippen LogP contribution is -2.47. The summed E-state index contributed by atoms with van der Waals surface area (Å²) in [5.41, 5.74) is 0. The Morgan fingerprint density at radius 2 is 1.90 bits per heavy atom. The van der Waals surface area contributed by atoms with Crippen molar-refractivity contribution in [3.8, 4) is 0 Å². The standard InChI is InChI=1S/C14H25NO4S/c1-2-3-7-14(16)19-13-11-20(17,18)10-12(13)15-8-5-4-6-9-15/h12-13H,2-11H2,1H3. The van der Waals surface area contributed by atoms with Gasteiger partial charge in [-0.1, -0.05) is 19.8 Å². The van der Waals surface area contributed by atoms with Crippen molar-refractivity contribution in [3.63, 3.8) is 0 Å². The molecule has 0 amide bonds. The first kappa shape index (κ1) is 15.8. The van der Waals surface area contributed by atoms with Crippen molar-refractivity contribution in [2.24, 2.45) is 0 Å². The van der Waals surface area contributed by atoms with Gasteiger partial charge in [0.05, 0.1) is 17.5 Å². The van der Waals surface area contributed by atoms with Crippen LogP contribution in [0.2, 0.25) is 0 Å². The number of nitrogens with zero attached hydrogens (tertiary/aromatic N) is 1. The normalized spacial score (nSPS) is 30.2. The van der Waals surface area contributed by atoms with E-state index in [2.05, 4.69) is 4.90 Å². The molecule has 6 heteroatoms. The topological polar surface area (TPSA) is 63.7 Å². The number of piperidine rings is 1. The minimum Gasteiger partial charge on any atom is -0.460 e. The van der Waals surface area contributed by atoms with Crippen LogP contribution in [0.25, 0.3) is 0 Å². The van der Waals surface area contributed by atoms with Crippen LogP contribution in [0.4, 0.5) is 0 Å². The molecule has 2 fully saturated rings. The molecule has 5 nitrogen and oxygen atoms in total. The highest BCUT2D eigenvalue weighted by Crippen LogP contribution is 2.24. The quantitative estimate of drug-likeness (QED) is 0.718.